The summed E-state index contributed by atoms with van der Waals surface area (Å²) in [7, 11) is 1.51. The van der Waals surface area contributed by atoms with E-state index < -0.39 is 17.7 Å². The number of carbonyl (C=O) groups excluding carboxylic acids is 2. The highest BCUT2D eigenvalue weighted by Gasteiger charge is 2.48. The number of ketones is 1. The van der Waals surface area contributed by atoms with Crippen LogP contribution in [0.3, 0.4) is 0 Å². The van der Waals surface area contributed by atoms with Gasteiger partial charge in [0, 0.05) is 11.1 Å². The van der Waals surface area contributed by atoms with Gasteiger partial charge in [0.15, 0.2) is 5.82 Å². The van der Waals surface area contributed by atoms with E-state index in [-0.39, 0.29) is 17.2 Å². The Bertz CT molecular complexity index is 1180. The predicted molar refractivity (Wildman–Crippen MR) is 116 cm³/mol. The second kappa shape index (κ2) is 8.02. The van der Waals surface area contributed by atoms with Gasteiger partial charge in [-0.2, -0.15) is 5.10 Å². The SMILES string of the molecule is COc1ccccc1C1/C(=C(/O)c2ccc(C)cc2)C(=O)C(=O)N1c1ccc(C)nn1. The molecule has 1 saturated heterocycles. The Morgan fingerprint density at radius 3 is 2.32 bits per heavy atom. The summed E-state index contributed by atoms with van der Waals surface area (Å²) in [4.78, 5) is 27.5. The first-order valence-corrected chi connectivity index (χ1v) is 9.73. The van der Waals surface area contributed by atoms with Gasteiger partial charge >= 0.3 is 5.91 Å². The summed E-state index contributed by atoms with van der Waals surface area (Å²) in [5.41, 5.74) is 2.65. The normalized spacial score (nSPS) is 17.8. The molecule has 31 heavy (non-hydrogen) atoms. The van der Waals surface area contributed by atoms with Crippen LogP contribution in [0.15, 0.2) is 66.2 Å². The van der Waals surface area contributed by atoms with Crippen molar-refractivity contribution in [2.24, 2.45) is 0 Å². The van der Waals surface area contributed by atoms with E-state index in [9.17, 15) is 14.7 Å². The largest absolute Gasteiger partial charge is 0.507 e. The van der Waals surface area contributed by atoms with Crippen molar-refractivity contribution in [3.8, 4) is 5.75 Å². The van der Waals surface area contributed by atoms with Crippen molar-refractivity contribution >= 4 is 23.3 Å². The van der Waals surface area contributed by atoms with Gasteiger partial charge in [-0.05, 0) is 32.0 Å². The summed E-state index contributed by atoms with van der Waals surface area (Å²) in [5.74, 6) is -1.14. The van der Waals surface area contributed by atoms with Gasteiger partial charge in [0.1, 0.15) is 17.6 Å². The highest BCUT2D eigenvalue weighted by molar-refractivity contribution is 6.51. The van der Waals surface area contributed by atoms with E-state index in [0.29, 0.717) is 22.6 Å². The number of carbonyl (C=O) groups is 2. The van der Waals surface area contributed by atoms with Gasteiger partial charge in [0.05, 0.1) is 18.4 Å². The number of ether oxygens (including phenoxy) is 1. The van der Waals surface area contributed by atoms with Crippen molar-refractivity contribution in [3.63, 3.8) is 0 Å². The third kappa shape index (κ3) is 3.54. The van der Waals surface area contributed by atoms with Crippen LogP contribution in [-0.4, -0.2) is 34.1 Å². The summed E-state index contributed by atoms with van der Waals surface area (Å²) in [5, 5.41) is 19.2. The zero-order chi connectivity index (χ0) is 22.1. The zero-order valence-corrected chi connectivity index (χ0v) is 17.4. The van der Waals surface area contributed by atoms with Crippen LogP contribution in [0.25, 0.3) is 5.76 Å². The first-order chi connectivity index (χ1) is 14.9. The predicted octanol–water partition coefficient (Wildman–Crippen LogP) is 3.73. The average molecular weight is 415 g/mol. The molecule has 1 unspecified atom stereocenters. The Labute approximate surface area is 179 Å². The summed E-state index contributed by atoms with van der Waals surface area (Å²) in [6, 6.07) is 16.6. The number of hydrogen-bond acceptors (Lipinski definition) is 6. The molecule has 1 N–H and O–H groups in total. The Kier molecular flexibility index (Phi) is 5.25. The summed E-state index contributed by atoms with van der Waals surface area (Å²) < 4.78 is 5.49. The molecular formula is C24H21N3O4. The van der Waals surface area contributed by atoms with Crippen molar-refractivity contribution in [2.45, 2.75) is 19.9 Å². The molecule has 1 aliphatic rings. The van der Waals surface area contributed by atoms with Crippen molar-refractivity contribution in [3.05, 3.63) is 88.6 Å². The Balaban J connectivity index is 1.97. The first-order valence-electron chi connectivity index (χ1n) is 9.73. The highest BCUT2D eigenvalue weighted by atomic mass is 16.5. The van der Waals surface area contributed by atoms with E-state index in [2.05, 4.69) is 10.2 Å². The number of Topliss-reactive ketones (excluding diaryl/α,β-unsaturated/α-hetero) is 1. The lowest BCUT2D eigenvalue weighted by atomic mass is 9.94. The van der Waals surface area contributed by atoms with Crippen LogP contribution >= 0.6 is 0 Å². The molecule has 4 rings (SSSR count). The van der Waals surface area contributed by atoms with Gasteiger partial charge in [-0.1, -0.05) is 48.0 Å². The average Bonchev–Trinajstić information content (AvgIpc) is 3.05. The summed E-state index contributed by atoms with van der Waals surface area (Å²) >= 11 is 0. The molecule has 1 fully saturated rings. The van der Waals surface area contributed by atoms with Crippen molar-refractivity contribution in [1.29, 1.82) is 0 Å². The van der Waals surface area contributed by atoms with Crippen LogP contribution in [0.5, 0.6) is 5.75 Å². The molecular weight excluding hydrogens is 394 g/mol. The maximum absolute atomic E-state index is 13.1. The molecule has 1 aromatic heterocycles. The minimum Gasteiger partial charge on any atom is -0.507 e. The van der Waals surface area contributed by atoms with Crippen LogP contribution in [0.1, 0.15) is 28.4 Å². The molecule has 2 heterocycles. The maximum atomic E-state index is 13.1. The molecule has 0 radical (unpaired) electrons. The van der Waals surface area contributed by atoms with Gasteiger partial charge in [-0.25, -0.2) is 0 Å². The van der Waals surface area contributed by atoms with Crippen molar-refractivity contribution in [1.82, 2.24) is 10.2 Å². The van der Waals surface area contributed by atoms with E-state index in [1.807, 2.05) is 19.1 Å². The second-order valence-corrected chi connectivity index (χ2v) is 7.31. The molecule has 1 amide bonds. The molecule has 1 aliphatic heterocycles. The minimum atomic E-state index is -0.922. The van der Waals surface area contributed by atoms with E-state index in [4.69, 9.17) is 4.74 Å². The van der Waals surface area contributed by atoms with E-state index in [1.54, 1.807) is 55.5 Å². The molecule has 0 aliphatic carbocycles. The number of aliphatic hydroxyl groups is 1. The molecule has 3 aromatic rings. The second-order valence-electron chi connectivity index (χ2n) is 7.31. The van der Waals surface area contributed by atoms with Gasteiger partial charge < -0.3 is 9.84 Å². The van der Waals surface area contributed by atoms with Crippen LogP contribution < -0.4 is 9.64 Å². The number of para-hydroxylation sites is 1. The smallest absolute Gasteiger partial charge is 0.301 e. The highest BCUT2D eigenvalue weighted by Crippen LogP contribution is 2.44. The van der Waals surface area contributed by atoms with E-state index >= 15 is 0 Å². The lowest BCUT2D eigenvalue weighted by molar-refractivity contribution is -0.132. The number of anilines is 1. The number of aryl methyl sites for hydroxylation is 2. The summed E-state index contributed by atoms with van der Waals surface area (Å²) in [6.07, 6.45) is 0. The maximum Gasteiger partial charge on any atom is 0.301 e. The number of amides is 1. The molecule has 0 spiro atoms. The number of aliphatic hydroxyl groups excluding tert-OH is 1. The molecule has 1 atom stereocenters. The van der Waals surface area contributed by atoms with Gasteiger partial charge in [-0.15, -0.1) is 5.10 Å². The van der Waals surface area contributed by atoms with E-state index in [1.165, 1.54) is 12.0 Å². The quantitative estimate of drug-likeness (QED) is 0.397. The number of hydrogen-bond donors (Lipinski definition) is 1. The molecule has 7 heteroatoms. The fourth-order valence-electron chi connectivity index (χ4n) is 3.64. The van der Waals surface area contributed by atoms with Crippen molar-refractivity contribution in [2.75, 3.05) is 12.0 Å². The van der Waals surface area contributed by atoms with Crippen LogP contribution in [0.4, 0.5) is 5.82 Å². The van der Waals surface area contributed by atoms with Gasteiger partial charge in [-0.3, -0.25) is 14.5 Å². The number of aromatic nitrogens is 2. The van der Waals surface area contributed by atoms with Gasteiger partial charge in [0.2, 0.25) is 0 Å². The fraction of sp³-hybridized carbons (Fsp3) is 0.167. The third-order valence-electron chi connectivity index (χ3n) is 5.23. The fourth-order valence-corrected chi connectivity index (χ4v) is 3.64. The molecule has 7 nitrogen and oxygen atoms in total. The zero-order valence-electron chi connectivity index (χ0n) is 17.4. The van der Waals surface area contributed by atoms with Crippen LogP contribution in [0.2, 0.25) is 0 Å². The van der Waals surface area contributed by atoms with Gasteiger partial charge in [0.25, 0.3) is 5.78 Å². The lowest BCUT2D eigenvalue weighted by Gasteiger charge is -2.25. The number of nitrogens with zero attached hydrogens (tertiary/aromatic N) is 3. The van der Waals surface area contributed by atoms with E-state index in [0.717, 1.165) is 5.56 Å². The molecule has 0 bridgehead atoms. The van der Waals surface area contributed by atoms with Crippen molar-refractivity contribution < 1.29 is 19.4 Å². The molecule has 0 saturated carbocycles. The summed E-state index contributed by atoms with van der Waals surface area (Å²) in [6.45, 7) is 3.70. The van der Waals surface area contributed by atoms with Crippen LogP contribution in [-0.2, 0) is 9.59 Å². The number of methoxy groups -OCH3 is 1. The number of rotatable bonds is 4. The first kappa shape index (κ1) is 20.3. The third-order valence-corrected chi connectivity index (χ3v) is 5.23. The minimum absolute atomic E-state index is 0.0271. The standard InChI is InChI=1S/C24H21N3O4/c1-14-8-11-16(12-9-14)22(28)20-21(17-6-4-5-7-18(17)31-3)27(24(30)23(20)29)19-13-10-15(2)25-26-19/h4-13,21,28H,1-3H3/b22-20-. The lowest BCUT2D eigenvalue weighted by Crippen LogP contribution is -2.30. The van der Waals surface area contributed by atoms with Crippen LogP contribution in [0, 0.1) is 13.8 Å². The Morgan fingerprint density at radius 2 is 1.68 bits per heavy atom. The monoisotopic (exact) mass is 415 g/mol. The molecule has 156 valence electrons. The topological polar surface area (TPSA) is 92.6 Å². The number of benzene rings is 2. The Hall–Kier alpha value is -4.00. The Morgan fingerprint density at radius 1 is 0.968 bits per heavy atom. The molecule has 2 aromatic carbocycles.